The van der Waals surface area contributed by atoms with E-state index < -0.39 is 14.0 Å². The van der Waals surface area contributed by atoms with Crippen molar-refractivity contribution in [2.75, 3.05) is 6.61 Å². The molecule has 23 heavy (non-hydrogen) atoms. The van der Waals surface area contributed by atoms with Gasteiger partial charge in [-0.15, -0.1) is 0 Å². The number of halogens is 1. The molecule has 126 valence electrons. The molecule has 0 atom stereocenters. The number of carboxylic acids is 1. The lowest BCUT2D eigenvalue weighted by Crippen LogP contribution is -2.22. The van der Waals surface area contributed by atoms with Crippen molar-refractivity contribution >= 4 is 40.9 Å². The zero-order chi connectivity index (χ0) is 17.2. The van der Waals surface area contributed by atoms with Gasteiger partial charge >= 0.3 is 5.97 Å². The molecule has 7 heteroatoms. The van der Waals surface area contributed by atoms with E-state index in [-0.39, 0.29) is 12.4 Å². The van der Waals surface area contributed by atoms with Crippen LogP contribution in [0.4, 0.5) is 0 Å². The van der Waals surface area contributed by atoms with Crippen LogP contribution in [0.3, 0.4) is 0 Å². The quantitative estimate of drug-likeness (QED) is 0.555. The average Bonchev–Trinajstić information content (AvgIpc) is 2.80. The lowest BCUT2D eigenvalue weighted by molar-refractivity contribution is 0.0676. The molecule has 2 aromatic rings. The zero-order valence-corrected chi connectivity index (χ0v) is 16.6. The number of aryl methyl sites for hydroxylation is 1. The number of carboxylic acid groups (broad SMARTS) is 1. The molecule has 0 aliphatic rings. The molecule has 0 unspecified atom stereocenters. The first-order valence-electron chi connectivity index (χ1n) is 7.73. The molecule has 0 saturated carbocycles. The number of benzene rings is 1. The number of hydrogen-bond donors (Lipinski definition) is 1. The first kappa shape index (κ1) is 18.2. The summed E-state index contributed by atoms with van der Waals surface area (Å²) in [5.74, 6) is -1.01. The molecule has 1 aromatic carbocycles. The van der Waals surface area contributed by atoms with E-state index >= 15 is 0 Å². The predicted octanol–water partition coefficient (Wildman–Crippen LogP) is 4.37. The topological polar surface area (TPSA) is 64.3 Å². The minimum atomic E-state index is -1.14. The number of hydrogen-bond acceptors (Lipinski definition) is 3. The fraction of sp³-hybridized carbons (Fsp3) is 0.500. The number of fused-ring (bicyclic) bond motifs is 1. The van der Waals surface area contributed by atoms with Crippen LogP contribution in [0.25, 0.3) is 10.9 Å². The van der Waals surface area contributed by atoms with E-state index in [0.717, 1.165) is 28.0 Å². The Bertz CT molecular complexity index is 722. The third kappa shape index (κ3) is 4.42. The summed E-state index contributed by atoms with van der Waals surface area (Å²) in [6.45, 7) is 9.85. The highest BCUT2D eigenvalue weighted by Gasteiger charge is 2.20. The van der Waals surface area contributed by atoms with Crippen LogP contribution in [-0.2, 0) is 17.9 Å². The summed E-state index contributed by atoms with van der Waals surface area (Å²) < 4.78 is 8.30. The summed E-state index contributed by atoms with van der Waals surface area (Å²) in [5.41, 5.74) is 1.86. The third-order valence-corrected chi connectivity index (χ3v) is 5.85. The largest absolute Gasteiger partial charge is 0.476 e. The Morgan fingerprint density at radius 1 is 1.39 bits per heavy atom. The van der Waals surface area contributed by atoms with Crippen molar-refractivity contribution in [3.63, 3.8) is 0 Å². The van der Waals surface area contributed by atoms with E-state index in [0.29, 0.717) is 12.0 Å². The van der Waals surface area contributed by atoms with Crippen molar-refractivity contribution in [2.24, 2.45) is 0 Å². The van der Waals surface area contributed by atoms with Crippen LogP contribution in [-0.4, -0.2) is 35.5 Å². The van der Waals surface area contributed by atoms with Gasteiger partial charge in [0.2, 0.25) is 0 Å². The summed E-state index contributed by atoms with van der Waals surface area (Å²) in [7, 11) is -1.14. The van der Waals surface area contributed by atoms with Crippen molar-refractivity contribution in [3.8, 4) is 0 Å². The van der Waals surface area contributed by atoms with Gasteiger partial charge in [-0.05, 0) is 30.2 Å². The summed E-state index contributed by atoms with van der Waals surface area (Å²) in [6, 6.07) is 4.92. The molecule has 0 aliphatic heterocycles. The van der Waals surface area contributed by atoms with Crippen LogP contribution in [0, 0.1) is 0 Å². The lowest BCUT2D eigenvalue weighted by atomic mass is 10.1. The van der Waals surface area contributed by atoms with Gasteiger partial charge in [-0.2, -0.15) is 5.10 Å². The second-order valence-corrected chi connectivity index (χ2v) is 13.4. The number of nitrogens with zero attached hydrogens (tertiary/aromatic N) is 2. The van der Waals surface area contributed by atoms with Gasteiger partial charge in [0, 0.05) is 24.5 Å². The minimum absolute atomic E-state index is 0.0955. The Balaban J connectivity index is 2.33. The molecule has 1 N–H and O–H groups in total. The van der Waals surface area contributed by atoms with Gasteiger partial charge in [0.15, 0.2) is 5.69 Å². The standard InChI is InChI=1S/C16H23BrN2O3Si/c1-5-11-8-12(17)9-13-14(11)15(16(20)21)18-19(13)10-22-6-7-23(2,3)4/h8-9H,5-7,10H2,1-4H3,(H,20,21). The highest BCUT2D eigenvalue weighted by molar-refractivity contribution is 9.10. The Labute approximate surface area is 145 Å². The summed E-state index contributed by atoms with van der Waals surface area (Å²) >= 11 is 3.49. The molecule has 0 bridgehead atoms. The van der Waals surface area contributed by atoms with Gasteiger partial charge < -0.3 is 9.84 Å². The van der Waals surface area contributed by atoms with Gasteiger partial charge in [-0.25, -0.2) is 9.48 Å². The van der Waals surface area contributed by atoms with Crippen molar-refractivity contribution < 1.29 is 14.6 Å². The summed E-state index contributed by atoms with van der Waals surface area (Å²) in [4.78, 5) is 11.5. The Hall–Kier alpha value is -1.18. The lowest BCUT2D eigenvalue weighted by Gasteiger charge is -2.15. The van der Waals surface area contributed by atoms with Gasteiger partial charge in [0.25, 0.3) is 0 Å². The van der Waals surface area contributed by atoms with Crippen molar-refractivity contribution in [3.05, 3.63) is 27.9 Å². The highest BCUT2D eigenvalue weighted by atomic mass is 79.9. The van der Waals surface area contributed by atoms with Gasteiger partial charge in [-0.3, -0.25) is 0 Å². The molecule has 5 nitrogen and oxygen atoms in total. The maximum absolute atomic E-state index is 11.5. The summed E-state index contributed by atoms with van der Waals surface area (Å²) in [5, 5.41) is 14.4. The minimum Gasteiger partial charge on any atom is -0.476 e. The normalized spacial score (nSPS) is 12.0. The fourth-order valence-electron chi connectivity index (χ4n) is 2.41. The number of rotatable bonds is 7. The second kappa shape index (κ2) is 7.15. The summed E-state index contributed by atoms with van der Waals surface area (Å²) in [6.07, 6.45) is 0.748. The second-order valence-electron chi connectivity index (χ2n) is 6.81. The van der Waals surface area contributed by atoms with E-state index in [2.05, 4.69) is 40.7 Å². The smallest absolute Gasteiger partial charge is 0.357 e. The van der Waals surface area contributed by atoms with E-state index in [1.54, 1.807) is 4.68 Å². The number of ether oxygens (including phenoxy) is 1. The molecule has 2 rings (SSSR count). The van der Waals surface area contributed by atoms with Crippen molar-refractivity contribution in [1.82, 2.24) is 9.78 Å². The van der Waals surface area contributed by atoms with Gasteiger partial charge in [0.05, 0.1) is 5.52 Å². The molecule has 1 heterocycles. The zero-order valence-electron chi connectivity index (χ0n) is 14.0. The number of aromatic carboxylic acids is 1. The van der Waals surface area contributed by atoms with Gasteiger partial charge in [0.1, 0.15) is 6.73 Å². The van der Waals surface area contributed by atoms with Crippen LogP contribution in [0.2, 0.25) is 25.7 Å². The van der Waals surface area contributed by atoms with E-state index in [4.69, 9.17) is 4.74 Å². The number of carbonyl (C=O) groups is 1. The number of aromatic nitrogens is 2. The maximum Gasteiger partial charge on any atom is 0.357 e. The first-order valence-corrected chi connectivity index (χ1v) is 12.2. The van der Waals surface area contributed by atoms with Crippen LogP contribution in [0.5, 0.6) is 0 Å². The molecule has 0 amide bonds. The molecule has 0 saturated heterocycles. The fourth-order valence-corrected chi connectivity index (χ4v) is 3.66. The highest BCUT2D eigenvalue weighted by Crippen LogP contribution is 2.28. The molecule has 0 spiro atoms. The SMILES string of the molecule is CCc1cc(Br)cc2c1c(C(=O)O)nn2COCC[Si](C)(C)C. The molecule has 0 radical (unpaired) electrons. The molecular formula is C16H23BrN2O3Si. The Morgan fingerprint density at radius 2 is 2.09 bits per heavy atom. The Morgan fingerprint density at radius 3 is 2.65 bits per heavy atom. The average molecular weight is 399 g/mol. The monoisotopic (exact) mass is 398 g/mol. The van der Waals surface area contributed by atoms with Crippen LogP contribution in [0.15, 0.2) is 16.6 Å². The van der Waals surface area contributed by atoms with Crippen LogP contribution in [0.1, 0.15) is 23.0 Å². The first-order chi connectivity index (χ1) is 10.7. The van der Waals surface area contributed by atoms with E-state index in [1.807, 2.05) is 19.1 Å². The molecule has 0 fully saturated rings. The maximum atomic E-state index is 11.5. The van der Waals surface area contributed by atoms with Crippen molar-refractivity contribution in [2.45, 2.75) is 45.8 Å². The molecule has 1 aromatic heterocycles. The molecular weight excluding hydrogens is 376 g/mol. The third-order valence-electron chi connectivity index (χ3n) is 3.69. The van der Waals surface area contributed by atoms with E-state index in [1.165, 1.54) is 0 Å². The Kier molecular flexibility index (Phi) is 5.64. The van der Waals surface area contributed by atoms with Gasteiger partial charge in [-0.1, -0.05) is 42.5 Å². The van der Waals surface area contributed by atoms with Crippen molar-refractivity contribution in [1.29, 1.82) is 0 Å². The predicted molar refractivity (Wildman–Crippen MR) is 97.9 cm³/mol. The van der Waals surface area contributed by atoms with E-state index in [9.17, 15) is 9.90 Å². The van der Waals surface area contributed by atoms with Crippen LogP contribution < -0.4 is 0 Å². The van der Waals surface area contributed by atoms with Crippen LogP contribution >= 0.6 is 15.9 Å². The molecule has 0 aliphatic carbocycles.